The van der Waals surface area contributed by atoms with Gasteiger partial charge in [-0.2, -0.15) is 0 Å². The number of ether oxygens (including phenoxy) is 2. The van der Waals surface area contributed by atoms with Crippen molar-refractivity contribution < 1.29 is 14.6 Å². The molecule has 2 aromatic rings. The fourth-order valence-electron chi connectivity index (χ4n) is 3.12. The minimum Gasteiger partial charge on any atom is -0.493 e. The molecule has 0 radical (unpaired) electrons. The quantitative estimate of drug-likeness (QED) is 0.936. The van der Waals surface area contributed by atoms with Gasteiger partial charge in [-0.3, -0.25) is 0 Å². The summed E-state index contributed by atoms with van der Waals surface area (Å²) in [5.74, 6) is 1.26. The normalized spacial score (nSPS) is 19.0. The van der Waals surface area contributed by atoms with Crippen molar-refractivity contribution in [2.75, 3.05) is 27.7 Å². The fourth-order valence-corrected chi connectivity index (χ4v) is 3.12. The van der Waals surface area contributed by atoms with E-state index in [0.717, 1.165) is 16.7 Å². The van der Waals surface area contributed by atoms with E-state index in [1.807, 2.05) is 61.5 Å². The van der Waals surface area contributed by atoms with Crippen LogP contribution in [0.2, 0.25) is 0 Å². The third-order valence-electron chi connectivity index (χ3n) is 4.02. The van der Waals surface area contributed by atoms with Crippen LogP contribution in [-0.2, 0) is 12.2 Å². The Morgan fingerprint density at radius 1 is 1.13 bits per heavy atom. The Morgan fingerprint density at radius 3 is 2.52 bits per heavy atom. The molecule has 2 aromatic carbocycles. The van der Waals surface area contributed by atoms with Gasteiger partial charge in [0.05, 0.1) is 7.11 Å². The molecule has 0 amide bonds. The number of fused-ring (bicyclic) bond motifs is 2. The van der Waals surface area contributed by atoms with Gasteiger partial charge >= 0.3 is 0 Å². The van der Waals surface area contributed by atoms with Gasteiger partial charge in [0.15, 0.2) is 11.5 Å². The number of para-hydroxylation sites is 1. The summed E-state index contributed by atoms with van der Waals surface area (Å²) in [5, 5.41) is 11.6. The average Bonchev–Trinajstić information content (AvgIpc) is 2.63. The molecule has 23 heavy (non-hydrogen) atoms. The monoisotopic (exact) mass is 335 g/mol. The summed E-state index contributed by atoms with van der Waals surface area (Å²) < 4.78 is 11.4. The van der Waals surface area contributed by atoms with Crippen LogP contribution in [0.3, 0.4) is 0 Å². The van der Waals surface area contributed by atoms with Crippen LogP contribution >= 0.6 is 12.4 Å². The number of aliphatic hydroxyl groups is 1. The van der Waals surface area contributed by atoms with Crippen LogP contribution in [0.15, 0.2) is 42.5 Å². The maximum atomic E-state index is 11.6. The van der Waals surface area contributed by atoms with E-state index < -0.39 is 5.60 Å². The second-order valence-corrected chi connectivity index (χ2v) is 5.88. The molecule has 1 aliphatic heterocycles. The van der Waals surface area contributed by atoms with Crippen LogP contribution in [0, 0.1) is 0 Å². The molecule has 0 aromatic heterocycles. The van der Waals surface area contributed by atoms with E-state index in [9.17, 15) is 5.11 Å². The molecule has 0 saturated heterocycles. The summed E-state index contributed by atoms with van der Waals surface area (Å²) in [6, 6.07) is 13.5. The van der Waals surface area contributed by atoms with Crippen molar-refractivity contribution in [2.45, 2.75) is 12.2 Å². The van der Waals surface area contributed by atoms with Crippen LogP contribution in [0.5, 0.6) is 11.5 Å². The largest absolute Gasteiger partial charge is 0.493 e. The Bertz CT molecular complexity index is 690. The third kappa shape index (κ3) is 3.02. The van der Waals surface area contributed by atoms with E-state index in [1.54, 1.807) is 7.11 Å². The molecule has 1 atom stereocenters. The summed E-state index contributed by atoms with van der Waals surface area (Å²) in [6.07, 6.45) is 0. The molecule has 5 heteroatoms. The van der Waals surface area contributed by atoms with Crippen molar-refractivity contribution in [3.05, 3.63) is 59.2 Å². The Balaban J connectivity index is 0.00000192. The first-order valence-corrected chi connectivity index (χ1v) is 7.32. The molecule has 0 fully saturated rings. The maximum Gasteiger partial charge on any atom is 0.168 e. The Morgan fingerprint density at radius 2 is 1.83 bits per heavy atom. The van der Waals surface area contributed by atoms with E-state index in [1.165, 1.54) is 0 Å². The van der Waals surface area contributed by atoms with Gasteiger partial charge in [0.25, 0.3) is 0 Å². The number of likely N-dealkylation sites (N-methyl/N-ethyl adjacent to an activating group) is 1. The summed E-state index contributed by atoms with van der Waals surface area (Å²) in [7, 11) is 5.51. The Labute approximate surface area is 143 Å². The SMILES string of the molecule is COc1cccc2c1OCc1ccccc1C2(O)CN(C)C.Cl. The number of halogens is 1. The highest BCUT2D eigenvalue weighted by molar-refractivity contribution is 5.85. The van der Waals surface area contributed by atoms with Gasteiger partial charge in [-0.05, 0) is 31.3 Å². The van der Waals surface area contributed by atoms with Gasteiger partial charge in [0.2, 0.25) is 0 Å². The fraction of sp³-hybridized carbons (Fsp3) is 0.333. The third-order valence-corrected chi connectivity index (χ3v) is 4.02. The second kappa shape index (κ2) is 6.79. The highest BCUT2D eigenvalue weighted by atomic mass is 35.5. The second-order valence-electron chi connectivity index (χ2n) is 5.88. The molecule has 3 rings (SSSR count). The average molecular weight is 336 g/mol. The van der Waals surface area contributed by atoms with Crippen LogP contribution in [0.25, 0.3) is 0 Å². The maximum absolute atomic E-state index is 11.6. The summed E-state index contributed by atoms with van der Waals surface area (Å²) in [5.41, 5.74) is 1.48. The minimum atomic E-state index is -1.14. The number of rotatable bonds is 3. The number of nitrogens with zero attached hydrogens (tertiary/aromatic N) is 1. The van der Waals surface area contributed by atoms with E-state index in [4.69, 9.17) is 9.47 Å². The molecule has 0 aliphatic carbocycles. The van der Waals surface area contributed by atoms with E-state index in [-0.39, 0.29) is 12.4 Å². The summed E-state index contributed by atoms with van der Waals surface area (Å²) in [6.45, 7) is 0.882. The number of methoxy groups -OCH3 is 1. The van der Waals surface area contributed by atoms with Crippen molar-refractivity contribution in [1.82, 2.24) is 4.90 Å². The predicted octanol–water partition coefficient (Wildman–Crippen LogP) is 2.81. The first-order valence-electron chi connectivity index (χ1n) is 7.32. The molecule has 124 valence electrons. The molecule has 1 heterocycles. The number of benzene rings is 2. The number of hydrogen-bond donors (Lipinski definition) is 1. The van der Waals surface area contributed by atoms with Gasteiger partial charge in [0.1, 0.15) is 12.2 Å². The highest BCUT2D eigenvalue weighted by Gasteiger charge is 2.39. The summed E-state index contributed by atoms with van der Waals surface area (Å²) >= 11 is 0. The van der Waals surface area contributed by atoms with E-state index in [0.29, 0.717) is 24.7 Å². The van der Waals surface area contributed by atoms with Crippen LogP contribution in [-0.4, -0.2) is 37.8 Å². The van der Waals surface area contributed by atoms with E-state index in [2.05, 4.69) is 0 Å². The Kier molecular flexibility index (Phi) is 5.19. The van der Waals surface area contributed by atoms with Gasteiger partial charge in [-0.15, -0.1) is 12.4 Å². The van der Waals surface area contributed by atoms with E-state index >= 15 is 0 Å². The van der Waals surface area contributed by atoms with Crippen molar-refractivity contribution in [2.24, 2.45) is 0 Å². The van der Waals surface area contributed by atoms with Gasteiger partial charge in [0, 0.05) is 12.1 Å². The first kappa shape index (κ1) is 17.6. The topological polar surface area (TPSA) is 41.9 Å². The Hall–Kier alpha value is -1.75. The van der Waals surface area contributed by atoms with Gasteiger partial charge < -0.3 is 19.5 Å². The van der Waals surface area contributed by atoms with Crippen LogP contribution in [0.4, 0.5) is 0 Å². The van der Waals surface area contributed by atoms with Crippen LogP contribution in [0.1, 0.15) is 16.7 Å². The lowest BCUT2D eigenvalue weighted by atomic mass is 9.83. The molecular weight excluding hydrogens is 314 g/mol. The van der Waals surface area contributed by atoms with Crippen molar-refractivity contribution in [3.8, 4) is 11.5 Å². The van der Waals surface area contributed by atoms with Crippen molar-refractivity contribution >= 4 is 12.4 Å². The molecule has 1 N–H and O–H groups in total. The van der Waals surface area contributed by atoms with Gasteiger partial charge in [-0.25, -0.2) is 0 Å². The first-order chi connectivity index (χ1) is 10.6. The molecule has 0 bridgehead atoms. The van der Waals surface area contributed by atoms with Crippen molar-refractivity contribution in [1.29, 1.82) is 0 Å². The lowest BCUT2D eigenvalue weighted by Crippen LogP contribution is -2.39. The molecule has 1 unspecified atom stereocenters. The molecular formula is C18H22ClNO3. The van der Waals surface area contributed by atoms with Crippen molar-refractivity contribution in [3.63, 3.8) is 0 Å². The lowest BCUT2D eigenvalue weighted by molar-refractivity contribution is 0.0505. The van der Waals surface area contributed by atoms with Crippen LogP contribution < -0.4 is 9.47 Å². The summed E-state index contributed by atoms with van der Waals surface area (Å²) in [4.78, 5) is 1.98. The zero-order valence-electron chi connectivity index (χ0n) is 13.6. The smallest absolute Gasteiger partial charge is 0.168 e. The zero-order chi connectivity index (χ0) is 15.7. The zero-order valence-corrected chi connectivity index (χ0v) is 14.4. The predicted molar refractivity (Wildman–Crippen MR) is 92.6 cm³/mol. The van der Waals surface area contributed by atoms with Gasteiger partial charge in [-0.1, -0.05) is 36.4 Å². The number of hydrogen-bond acceptors (Lipinski definition) is 4. The highest BCUT2D eigenvalue weighted by Crippen LogP contribution is 2.44. The molecule has 0 spiro atoms. The standard InChI is InChI=1S/C18H21NO3.ClH/c1-19(2)12-18(20)14-8-5-4-7-13(14)11-22-17-15(18)9-6-10-16(17)21-3;/h4-10,20H,11-12H2,1-3H3;1H. The molecule has 1 aliphatic rings. The lowest BCUT2D eigenvalue weighted by Gasteiger charge is -2.32. The molecule has 4 nitrogen and oxygen atoms in total. The molecule has 0 saturated carbocycles. The minimum absolute atomic E-state index is 0.